The highest BCUT2D eigenvalue weighted by Crippen LogP contribution is 2.21. The SMILES string of the molecule is CCNC(=NCC(C)(O)c1cnn(C)c1)NCC1CCCN1Cc1ccccc1.I. The molecule has 1 aliphatic heterocycles. The number of guanidine groups is 1. The molecule has 1 fully saturated rings. The minimum atomic E-state index is -1.05. The van der Waals surface area contributed by atoms with Crippen LogP contribution in [-0.4, -0.2) is 58.0 Å². The van der Waals surface area contributed by atoms with Gasteiger partial charge in [0.25, 0.3) is 0 Å². The molecule has 0 amide bonds. The van der Waals surface area contributed by atoms with E-state index in [1.54, 1.807) is 17.8 Å². The summed E-state index contributed by atoms with van der Waals surface area (Å²) in [5.74, 6) is 0.739. The molecule has 0 aliphatic carbocycles. The molecule has 7 nitrogen and oxygen atoms in total. The molecule has 3 N–H and O–H groups in total. The van der Waals surface area contributed by atoms with Gasteiger partial charge in [0.1, 0.15) is 5.60 Å². The van der Waals surface area contributed by atoms with Crippen LogP contribution in [0.1, 0.15) is 37.8 Å². The fourth-order valence-corrected chi connectivity index (χ4v) is 3.73. The topological polar surface area (TPSA) is 77.7 Å². The van der Waals surface area contributed by atoms with Crippen LogP contribution in [0.15, 0.2) is 47.7 Å². The van der Waals surface area contributed by atoms with Gasteiger partial charge in [0.15, 0.2) is 5.96 Å². The van der Waals surface area contributed by atoms with Gasteiger partial charge in [0, 0.05) is 44.5 Å². The van der Waals surface area contributed by atoms with Gasteiger partial charge in [0.2, 0.25) is 0 Å². The lowest BCUT2D eigenvalue weighted by molar-refractivity contribution is 0.0671. The molecule has 0 radical (unpaired) electrons. The Morgan fingerprint density at radius 3 is 2.73 bits per heavy atom. The molecule has 0 spiro atoms. The number of aryl methyl sites for hydroxylation is 1. The van der Waals surface area contributed by atoms with Crippen molar-refractivity contribution in [3.05, 3.63) is 53.9 Å². The Morgan fingerprint density at radius 2 is 2.07 bits per heavy atom. The van der Waals surface area contributed by atoms with Crippen molar-refractivity contribution < 1.29 is 5.11 Å². The predicted molar refractivity (Wildman–Crippen MR) is 132 cm³/mol. The summed E-state index contributed by atoms with van der Waals surface area (Å²) in [6, 6.07) is 11.1. The van der Waals surface area contributed by atoms with Crippen molar-refractivity contribution in [3.8, 4) is 0 Å². The summed E-state index contributed by atoms with van der Waals surface area (Å²) in [6.45, 7) is 7.82. The number of hydrogen-bond donors (Lipinski definition) is 3. The van der Waals surface area contributed by atoms with Crippen LogP contribution in [0.2, 0.25) is 0 Å². The zero-order valence-electron chi connectivity index (χ0n) is 18.2. The van der Waals surface area contributed by atoms with E-state index >= 15 is 0 Å². The van der Waals surface area contributed by atoms with Gasteiger partial charge >= 0.3 is 0 Å². The fourth-order valence-electron chi connectivity index (χ4n) is 3.73. The quantitative estimate of drug-likeness (QED) is 0.280. The molecule has 30 heavy (non-hydrogen) atoms. The Kier molecular flexibility index (Phi) is 9.57. The Balaban J connectivity index is 0.00000320. The van der Waals surface area contributed by atoms with Crippen LogP contribution in [0.25, 0.3) is 0 Å². The Bertz CT molecular complexity index is 792. The largest absolute Gasteiger partial charge is 0.383 e. The van der Waals surface area contributed by atoms with Crippen LogP contribution >= 0.6 is 24.0 Å². The van der Waals surface area contributed by atoms with E-state index < -0.39 is 5.60 Å². The molecule has 166 valence electrons. The molecule has 0 bridgehead atoms. The molecular weight excluding hydrogens is 491 g/mol. The maximum atomic E-state index is 10.8. The summed E-state index contributed by atoms with van der Waals surface area (Å²) in [6.07, 6.45) is 5.93. The van der Waals surface area contributed by atoms with Crippen molar-refractivity contribution in [3.63, 3.8) is 0 Å². The van der Waals surface area contributed by atoms with Crippen LogP contribution in [-0.2, 0) is 19.2 Å². The third-order valence-corrected chi connectivity index (χ3v) is 5.45. The molecule has 1 aliphatic rings. The van der Waals surface area contributed by atoms with E-state index in [9.17, 15) is 5.11 Å². The predicted octanol–water partition coefficient (Wildman–Crippen LogP) is 2.47. The second kappa shape index (κ2) is 11.7. The number of likely N-dealkylation sites (tertiary alicyclic amines) is 1. The lowest BCUT2D eigenvalue weighted by atomic mass is 10.0. The maximum absolute atomic E-state index is 10.8. The number of rotatable bonds is 8. The van der Waals surface area contributed by atoms with E-state index in [1.165, 1.54) is 18.4 Å². The van der Waals surface area contributed by atoms with E-state index in [0.717, 1.165) is 37.7 Å². The molecule has 1 saturated heterocycles. The first kappa shape index (κ1) is 24.6. The summed E-state index contributed by atoms with van der Waals surface area (Å²) in [7, 11) is 1.84. The monoisotopic (exact) mass is 526 g/mol. The number of nitrogens with zero attached hydrogens (tertiary/aromatic N) is 4. The fraction of sp³-hybridized carbons (Fsp3) is 0.545. The number of aliphatic hydroxyl groups is 1. The second-order valence-corrected chi connectivity index (χ2v) is 8.00. The molecule has 2 aromatic rings. The van der Waals surface area contributed by atoms with Crippen molar-refractivity contribution in [2.75, 3.05) is 26.2 Å². The zero-order valence-corrected chi connectivity index (χ0v) is 20.5. The number of nitrogens with one attached hydrogen (secondary N) is 2. The summed E-state index contributed by atoms with van der Waals surface area (Å²) in [4.78, 5) is 7.17. The summed E-state index contributed by atoms with van der Waals surface area (Å²) in [5, 5.41) is 21.7. The average Bonchev–Trinajstić information content (AvgIpc) is 3.34. The highest BCUT2D eigenvalue weighted by molar-refractivity contribution is 14.0. The van der Waals surface area contributed by atoms with Crippen molar-refractivity contribution >= 4 is 29.9 Å². The van der Waals surface area contributed by atoms with Crippen LogP contribution in [0.5, 0.6) is 0 Å². The van der Waals surface area contributed by atoms with Crippen molar-refractivity contribution in [2.24, 2.45) is 12.0 Å². The van der Waals surface area contributed by atoms with Gasteiger partial charge in [-0.2, -0.15) is 5.10 Å². The van der Waals surface area contributed by atoms with Gasteiger partial charge in [-0.3, -0.25) is 9.58 Å². The Hall–Kier alpha value is -1.65. The molecule has 2 atom stereocenters. The highest BCUT2D eigenvalue weighted by atomic mass is 127. The summed E-state index contributed by atoms with van der Waals surface area (Å²) < 4.78 is 1.69. The van der Waals surface area contributed by atoms with Gasteiger partial charge < -0.3 is 15.7 Å². The van der Waals surface area contributed by atoms with Gasteiger partial charge in [-0.15, -0.1) is 24.0 Å². The summed E-state index contributed by atoms with van der Waals surface area (Å²) in [5.41, 5.74) is 1.07. The third kappa shape index (κ3) is 6.95. The Labute approximate surface area is 197 Å². The first-order chi connectivity index (χ1) is 14.0. The van der Waals surface area contributed by atoms with Gasteiger partial charge in [-0.1, -0.05) is 30.3 Å². The van der Waals surface area contributed by atoms with Crippen molar-refractivity contribution in [1.82, 2.24) is 25.3 Å². The summed E-state index contributed by atoms with van der Waals surface area (Å²) >= 11 is 0. The van der Waals surface area contributed by atoms with Crippen LogP contribution in [0.4, 0.5) is 0 Å². The normalized spacial score (nSPS) is 19.2. The molecule has 2 unspecified atom stereocenters. The number of halogens is 1. The average molecular weight is 526 g/mol. The van der Waals surface area contributed by atoms with E-state index in [0.29, 0.717) is 6.04 Å². The molecule has 8 heteroatoms. The molecule has 2 heterocycles. The first-order valence-corrected chi connectivity index (χ1v) is 10.5. The highest BCUT2D eigenvalue weighted by Gasteiger charge is 2.26. The second-order valence-electron chi connectivity index (χ2n) is 8.00. The zero-order chi connectivity index (χ0) is 20.7. The number of benzene rings is 1. The van der Waals surface area contributed by atoms with Crippen molar-refractivity contribution in [2.45, 2.75) is 44.9 Å². The van der Waals surface area contributed by atoms with Gasteiger partial charge in [-0.25, -0.2) is 4.99 Å². The number of aromatic nitrogens is 2. The van der Waals surface area contributed by atoms with E-state index in [4.69, 9.17) is 0 Å². The Morgan fingerprint density at radius 1 is 1.30 bits per heavy atom. The number of aliphatic imine (C=N–C) groups is 1. The standard InChI is InChI=1S/C22H34N6O.HI/c1-4-23-21(25-17-22(2,29)19-13-26-27(3)16-19)24-14-20-11-8-12-28(20)15-18-9-6-5-7-10-18;/h5-7,9-10,13,16,20,29H,4,8,11-12,14-15,17H2,1-3H3,(H2,23,24,25);1H. The first-order valence-electron chi connectivity index (χ1n) is 10.5. The number of hydrogen-bond acceptors (Lipinski definition) is 4. The van der Waals surface area contributed by atoms with Crippen LogP contribution < -0.4 is 10.6 Å². The molecular formula is C22H35IN6O. The third-order valence-electron chi connectivity index (χ3n) is 5.45. The van der Waals surface area contributed by atoms with E-state index in [-0.39, 0.29) is 30.5 Å². The van der Waals surface area contributed by atoms with Crippen LogP contribution in [0.3, 0.4) is 0 Å². The minimum Gasteiger partial charge on any atom is -0.383 e. The smallest absolute Gasteiger partial charge is 0.191 e. The minimum absolute atomic E-state index is 0. The van der Waals surface area contributed by atoms with Gasteiger partial charge in [0.05, 0.1) is 12.7 Å². The molecule has 1 aromatic heterocycles. The lowest BCUT2D eigenvalue weighted by Crippen LogP contribution is -2.45. The van der Waals surface area contributed by atoms with Crippen molar-refractivity contribution in [1.29, 1.82) is 0 Å². The van der Waals surface area contributed by atoms with Gasteiger partial charge in [-0.05, 0) is 38.8 Å². The molecule has 1 aromatic carbocycles. The maximum Gasteiger partial charge on any atom is 0.191 e. The lowest BCUT2D eigenvalue weighted by Gasteiger charge is -2.26. The van der Waals surface area contributed by atoms with E-state index in [1.807, 2.05) is 20.2 Å². The molecule has 0 saturated carbocycles. The van der Waals surface area contributed by atoms with E-state index in [2.05, 4.69) is 56.0 Å². The molecule has 3 rings (SSSR count). The van der Waals surface area contributed by atoms with Crippen LogP contribution in [0, 0.1) is 0 Å².